The van der Waals surface area contributed by atoms with Gasteiger partial charge in [-0.3, -0.25) is 9.59 Å². The van der Waals surface area contributed by atoms with E-state index >= 15 is 0 Å². The molecule has 0 atom stereocenters. The third-order valence-electron chi connectivity index (χ3n) is 4.31. The third-order valence-corrected chi connectivity index (χ3v) is 4.80. The minimum atomic E-state index is -0.765. The van der Waals surface area contributed by atoms with Gasteiger partial charge in [-0.25, -0.2) is 9.48 Å². The molecule has 0 bridgehead atoms. The van der Waals surface area contributed by atoms with Crippen LogP contribution in [0.5, 0.6) is 0 Å². The van der Waals surface area contributed by atoms with E-state index in [1.165, 1.54) is 4.68 Å². The lowest BCUT2D eigenvalue weighted by Crippen LogP contribution is -2.28. The molecule has 0 saturated carbocycles. The monoisotopic (exact) mass is 457 g/mol. The Morgan fingerprint density at radius 1 is 1.17 bits per heavy atom. The quantitative estimate of drug-likeness (QED) is 0.587. The summed E-state index contributed by atoms with van der Waals surface area (Å²) >= 11 is 3.37. The fraction of sp³-hybridized carbons (Fsp3) is 0.238. The SMILES string of the molecule is Cc1cc(Br)ccc1NC(=O)COC(=O)c1nn(C(C)C)c(=O)c2ccccc12. The zero-order valence-corrected chi connectivity index (χ0v) is 17.8. The number of benzene rings is 2. The molecular weight excluding hydrogens is 438 g/mol. The van der Waals surface area contributed by atoms with Crippen molar-refractivity contribution < 1.29 is 14.3 Å². The van der Waals surface area contributed by atoms with Gasteiger partial charge in [-0.15, -0.1) is 0 Å². The van der Waals surface area contributed by atoms with E-state index in [-0.39, 0.29) is 17.3 Å². The predicted octanol–water partition coefficient (Wildman–Crippen LogP) is 3.84. The minimum Gasteiger partial charge on any atom is -0.451 e. The van der Waals surface area contributed by atoms with Crippen molar-refractivity contribution in [1.82, 2.24) is 9.78 Å². The summed E-state index contributed by atoms with van der Waals surface area (Å²) in [6, 6.07) is 11.9. The van der Waals surface area contributed by atoms with E-state index < -0.39 is 18.5 Å². The molecule has 8 heteroatoms. The van der Waals surface area contributed by atoms with Crippen molar-refractivity contribution in [1.29, 1.82) is 0 Å². The fourth-order valence-electron chi connectivity index (χ4n) is 2.86. The lowest BCUT2D eigenvalue weighted by Gasteiger charge is -2.13. The normalized spacial score (nSPS) is 10.9. The van der Waals surface area contributed by atoms with Crippen molar-refractivity contribution in [2.24, 2.45) is 0 Å². The summed E-state index contributed by atoms with van der Waals surface area (Å²) in [7, 11) is 0. The number of fused-ring (bicyclic) bond motifs is 1. The molecule has 1 heterocycles. The van der Waals surface area contributed by atoms with Gasteiger partial charge in [0.1, 0.15) is 0 Å². The lowest BCUT2D eigenvalue weighted by molar-refractivity contribution is -0.119. The van der Waals surface area contributed by atoms with Gasteiger partial charge >= 0.3 is 5.97 Å². The van der Waals surface area contributed by atoms with Gasteiger partial charge in [-0.1, -0.05) is 34.1 Å². The highest BCUT2D eigenvalue weighted by atomic mass is 79.9. The molecule has 3 rings (SSSR count). The topological polar surface area (TPSA) is 90.3 Å². The number of nitrogens with one attached hydrogen (secondary N) is 1. The number of carbonyl (C=O) groups excluding carboxylic acids is 2. The second kappa shape index (κ2) is 8.57. The molecule has 150 valence electrons. The molecule has 0 fully saturated rings. The van der Waals surface area contributed by atoms with E-state index in [4.69, 9.17) is 4.74 Å². The van der Waals surface area contributed by atoms with Crippen LogP contribution in [0.25, 0.3) is 10.8 Å². The first kappa shape index (κ1) is 20.7. The van der Waals surface area contributed by atoms with Crippen LogP contribution in [0.3, 0.4) is 0 Å². The molecule has 1 aromatic heterocycles. The maximum Gasteiger partial charge on any atom is 0.359 e. The predicted molar refractivity (Wildman–Crippen MR) is 114 cm³/mol. The molecule has 0 unspecified atom stereocenters. The zero-order chi connectivity index (χ0) is 21.1. The third kappa shape index (κ3) is 4.54. The average molecular weight is 458 g/mol. The zero-order valence-electron chi connectivity index (χ0n) is 16.2. The van der Waals surface area contributed by atoms with E-state index in [0.717, 1.165) is 10.0 Å². The molecular formula is C21H20BrN3O4. The first-order valence-corrected chi connectivity index (χ1v) is 9.82. The van der Waals surface area contributed by atoms with Crippen LogP contribution < -0.4 is 10.9 Å². The van der Waals surface area contributed by atoms with Gasteiger partial charge in [-0.05, 0) is 50.6 Å². The highest BCUT2D eigenvalue weighted by Crippen LogP contribution is 2.20. The average Bonchev–Trinajstić information content (AvgIpc) is 2.68. The first-order chi connectivity index (χ1) is 13.8. The van der Waals surface area contributed by atoms with Crippen LogP contribution >= 0.6 is 15.9 Å². The molecule has 0 radical (unpaired) electrons. The Morgan fingerprint density at radius 3 is 2.52 bits per heavy atom. The number of amides is 1. The van der Waals surface area contributed by atoms with Crippen molar-refractivity contribution >= 4 is 44.3 Å². The Kier molecular flexibility index (Phi) is 6.12. The number of anilines is 1. The van der Waals surface area contributed by atoms with Crippen LogP contribution in [-0.2, 0) is 9.53 Å². The lowest BCUT2D eigenvalue weighted by atomic mass is 10.1. The van der Waals surface area contributed by atoms with E-state index in [9.17, 15) is 14.4 Å². The van der Waals surface area contributed by atoms with Crippen LogP contribution in [0.1, 0.15) is 35.9 Å². The molecule has 1 N–H and O–H groups in total. The Labute approximate surface area is 175 Å². The summed E-state index contributed by atoms with van der Waals surface area (Å²) in [6.07, 6.45) is 0. The Morgan fingerprint density at radius 2 is 1.86 bits per heavy atom. The van der Waals surface area contributed by atoms with Gasteiger partial charge in [0.05, 0.1) is 11.4 Å². The van der Waals surface area contributed by atoms with Gasteiger partial charge in [0.15, 0.2) is 12.3 Å². The van der Waals surface area contributed by atoms with Gasteiger partial charge in [0.2, 0.25) is 0 Å². The Balaban J connectivity index is 1.80. The largest absolute Gasteiger partial charge is 0.451 e. The summed E-state index contributed by atoms with van der Waals surface area (Å²) in [5.41, 5.74) is 1.22. The van der Waals surface area contributed by atoms with E-state index in [1.54, 1.807) is 50.2 Å². The van der Waals surface area contributed by atoms with Crippen LogP contribution in [-0.4, -0.2) is 28.3 Å². The number of hydrogen-bond donors (Lipinski definition) is 1. The van der Waals surface area contributed by atoms with Crippen molar-refractivity contribution in [3.05, 3.63) is 68.5 Å². The van der Waals surface area contributed by atoms with Crippen molar-refractivity contribution in [3.63, 3.8) is 0 Å². The molecule has 0 saturated heterocycles. The smallest absolute Gasteiger partial charge is 0.359 e. The second-order valence-corrected chi connectivity index (χ2v) is 7.74. The molecule has 3 aromatic rings. The van der Waals surface area contributed by atoms with E-state index in [1.807, 2.05) is 13.0 Å². The van der Waals surface area contributed by atoms with Crippen LogP contribution in [0, 0.1) is 6.92 Å². The number of esters is 1. The maximum absolute atomic E-state index is 12.6. The first-order valence-electron chi connectivity index (χ1n) is 9.02. The maximum atomic E-state index is 12.6. The number of hydrogen-bond acceptors (Lipinski definition) is 5. The minimum absolute atomic E-state index is 0.00141. The number of aromatic nitrogens is 2. The number of rotatable bonds is 5. The Bertz CT molecular complexity index is 1150. The second-order valence-electron chi connectivity index (χ2n) is 6.82. The van der Waals surface area contributed by atoms with Gasteiger partial charge in [0, 0.05) is 15.5 Å². The molecule has 0 aliphatic rings. The number of ether oxygens (including phenoxy) is 1. The van der Waals surface area contributed by atoms with Crippen LogP contribution in [0.4, 0.5) is 5.69 Å². The highest BCUT2D eigenvalue weighted by molar-refractivity contribution is 9.10. The summed E-state index contributed by atoms with van der Waals surface area (Å²) in [6.45, 7) is 4.99. The summed E-state index contributed by atoms with van der Waals surface area (Å²) in [4.78, 5) is 37.4. The van der Waals surface area contributed by atoms with E-state index in [2.05, 4.69) is 26.3 Å². The summed E-state index contributed by atoms with van der Waals surface area (Å²) in [5.74, 6) is -1.23. The number of aryl methyl sites for hydroxylation is 1. The molecule has 29 heavy (non-hydrogen) atoms. The molecule has 2 aromatic carbocycles. The number of halogens is 1. The van der Waals surface area contributed by atoms with Gasteiger partial charge < -0.3 is 10.1 Å². The summed E-state index contributed by atoms with van der Waals surface area (Å²) in [5, 5.41) is 7.65. The molecule has 7 nitrogen and oxygen atoms in total. The molecule has 0 spiro atoms. The van der Waals surface area contributed by atoms with Crippen molar-refractivity contribution in [3.8, 4) is 0 Å². The molecule has 0 aliphatic heterocycles. The van der Waals surface area contributed by atoms with Gasteiger partial charge in [0.25, 0.3) is 11.5 Å². The molecule has 1 amide bonds. The Hall–Kier alpha value is -3.00. The van der Waals surface area contributed by atoms with Crippen LogP contribution in [0.2, 0.25) is 0 Å². The standard InChI is InChI=1S/C21H20BrN3O4/c1-12(2)25-20(27)16-7-5-4-6-15(16)19(24-25)21(28)29-11-18(26)23-17-9-8-14(22)10-13(17)3/h4-10,12H,11H2,1-3H3,(H,23,26). The fourth-order valence-corrected chi connectivity index (χ4v) is 3.34. The van der Waals surface area contributed by atoms with E-state index in [0.29, 0.717) is 16.5 Å². The van der Waals surface area contributed by atoms with Gasteiger partial charge in [-0.2, -0.15) is 5.10 Å². The number of nitrogens with zero attached hydrogens (tertiary/aromatic N) is 2. The van der Waals surface area contributed by atoms with Crippen molar-refractivity contribution in [2.75, 3.05) is 11.9 Å². The molecule has 0 aliphatic carbocycles. The van der Waals surface area contributed by atoms with Crippen LogP contribution in [0.15, 0.2) is 51.7 Å². The highest BCUT2D eigenvalue weighted by Gasteiger charge is 2.20. The van der Waals surface area contributed by atoms with Crippen molar-refractivity contribution in [2.45, 2.75) is 26.8 Å². The summed E-state index contributed by atoms with van der Waals surface area (Å²) < 4.78 is 7.31. The number of carbonyl (C=O) groups is 2.